The Kier molecular flexibility index (Phi) is 3.20. The molecule has 0 saturated carbocycles. The van der Waals surface area contributed by atoms with Crippen LogP contribution in [0.25, 0.3) is 5.69 Å². The third-order valence-electron chi connectivity index (χ3n) is 4.97. The predicted octanol–water partition coefficient (Wildman–Crippen LogP) is 4.83. The van der Waals surface area contributed by atoms with Gasteiger partial charge in [0.25, 0.3) is 0 Å². The number of fused-ring (bicyclic) bond motifs is 2. The molecule has 126 valence electrons. The summed E-state index contributed by atoms with van der Waals surface area (Å²) in [4.78, 5) is 0. The van der Waals surface area contributed by atoms with Gasteiger partial charge in [-0.25, -0.2) is 0 Å². The third kappa shape index (κ3) is 2.12. The van der Waals surface area contributed by atoms with E-state index in [1.54, 1.807) is 0 Å². The molecule has 5 rings (SSSR count). The minimum atomic E-state index is -4.48. The number of benzene rings is 1. The van der Waals surface area contributed by atoms with E-state index in [9.17, 15) is 23.4 Å². The molecule has 0 fully saturated rings. The summed E-state index contributed by atoms with van der Waals surface area (Å²) in [5, 5.41) is 21.3. The van der Waals surface area contributed by atoms with Gasteiger partial charge in [-0.05, 0) is 31.0 Å². The SMILES string of the molecule is Oc1c2c(c(O)n1-c1cccc(C(F)(F)F)c1)[C@H]1C=C[C@@H]2CCC1. The van der Waals surface area contributed by atoms with Crippen LogP contribution < -0.4 is 0 Å². The molecule has 0 radical (unpaired) electrons. The number of rotatable bonds is 1. The van der Waals surface area contributed by atoms with Gasteiger partial charge in [-0.1, -0.05) is 24.6 Å². The van der Waals surface area contributed by atoms with E-state index in [1.165, 1.54) is 12.1 Å². The van der Waals surface area contributed by atoms with Gasteiger partial charge in [0.05, 0.1) is 11.3 Å². The summed E-state index contributed by atoms with van der Waals surface area (Å²) in [6.45, 7) is 0. The fourth-order valence-electron chi connectivity index (χ4n) is 3.88. The number of hydrogen-bond acceptors (Lipinski definition) is 2. The Bertz CT molecular complexity index is 798. The van der Waals surface area contributed by atoms with Crippen LogP contribution in [0.5, 0.6) is 11.8 Å². The molecule has 1 heterocycles. The Balaban J connectivity index is 1.91. The van der Waals surface area contributed by atoms with Crippen molar-refractivity contribution in [2.45, 2.75) is 37.3 Å². The molecular formula is C18H16F3NO2. The molecule has 0 spiro atoms. The van der Waals surface area contributed by atoms with Crippen LogP contribution in [-0.2, 0) is 6.18 Å². The van der Waals surface area contributed by atoms with Crippen molar-refractivity contribution in [1.82, 2.24) is 4.57 Å². The van der Waals surface area contributed by atoms with Gasteiger partial charge in [-0.2, -0.15) is 13.2 Å². The van der Waals surface area contributed by atoms with Crippen LogP contribution in [0, 0.1) is 0 Å². The third-order valence-corrected chi connectivity index (χ3v) is 4.97. The monoisotopic (exact) mass is 335 g/mol. The first kappa shape index (κ1) is 15.2. The van der Waals surface area contributed by atoms with Crippen LogP contribution in [0.2, 0.25) is 0 Å². The van der Waals surface area contributed by atoms with Crippen LogP contribution in [0.1, 0.15) is 47.8 Å². The van der Waals surface area contributed by atoms with Gasteiger partial charge in [-0.15, -0.1) is 0 Å². The lowest BCUT2D eigenvalue weighted by Crippen LogP contribution is -2.06. The van der Waals surface area contributed by atoms with Crippen LogP contribution in [0.3, 0.4) is 0 Å². The normalized spacial score (nSPS) is 22.5. The Hall–Kier alpha value is -2.37. The Morgan fingerprint density at radius 1 is 0.958 bits per heavy atom. The second-order valence-electron chi connectivity index (χ2n) is 6.39. The van der Waals surface area contributed by atoms with E-state index in [4.69, 9.17) is 0 Å². The quantitative estimate of drug-likeness (QED) is 0.733. The zero-order valence-electron chi connectivity index (χ0n) is 12.7. The zero-order chi connectivity index (χ0) is 17.1. The summed E-state index contributed by atoms with van der Waals surface area (Å²) in [6.07, 6.45) is 2.27. The summed E-state index contributed by atoms with van der Waals surface area (Å²) >= 11 is 0. The molecule has 3 nitrogen and oxygen atoms in total. The number of allylic oxidation sites excluding steroid dienone is 2. The first-order valence-corrected chi connectivity index (χ1v) is 7.90. The predicted molar refractivity (Wildman–Crippen MR) is 82.6 cm³/mol. The van der Waals surface area contributed by atoms with Crippen LogP contribution in [0.15, 0.2) is 36.4 Å². The van der Waals surface area contributed by atoms with Crippen LogP contribution >= 0.6 is 0 Å². The van der Waals surface area contributed by atoms with Gasteiger partial charge in [-0.3, -0.25) is 4.57 Å². The number of hydrogen-bond donors (Lipinski definition) is 2. The van der Waals surface area contributed by atoms with E-state index in [2.05, 4.69) is 0 Å². The van der Waals surface area contributed by atoms with Gasteiger partial charge in [0.1, 0.15) is 0 Å². The Morgan fingerprint density at radius 2 is 1.54 bits per heavy atom. The summed E-state index contributed by atoms with van der Waals surface area (Å²) in [5.74, 6) is -0.334. The highest BCUT2D eigenvalue weighted by molar-refractivity contribution is 5.59. The van der Waals surface area contributed by atoms with Crippen molar-refractivity contribution in [2.24, 2.45) is 0 Å². The smallest absolute Gasteiger partial charge is 0.416 e. The second kappa shape index (κ2) is 5.06. The molecule has 1 aromatic carbocycles. The molecule has 0 unspecified atom stereocenters. The van der Waals surface area contributed by atoms with Crippen molar-refractivity contribution in [3.8, 4) is 17.4 Å². The number of alkyl halides is 3. The van der Waals surface area contributed by atoms with Crippen molar-refractivity contribution >= 4 is 0 Å². The lowest BCUT2D eigenvalue weighted by atomic mass is 9.86. The zero-order valence-corrected chi connectivity index (χ0v) is 12.7. The van der Waals surface area contributed by atoms with Crippen molar-refractivity contribution in [3.63, 3.8) is 0 Å². The van der Waals surface area contributed by atoms with Gasteiger partial charge < -0.3 is 10.2 Å². The summed E-state index contributed by atoms with van der Waals surface area (Å²) in [7, 11) is 0. The highest BCUT2D eigenvalue weighted by Gasteiger charge is 2.37. The average Bonchev–Trinajstić information content (AvgIpc) is 2.74. The lowest BCUT2D eigenvalue weighted by Gasteiger charge is -2.17. The molecule has 0 amide bonds. The van der Waals surface area contributed by atoms with E-state index < -0.39 is 11.7 Å². The minimum absolute atomic E-state index is 0.00306. The number of aromatic nitrogens is 1. The number of aromatic hydroxyl groups is 2. The maximum Gasteiger partial charge on any atom is 0.416 e. The fourth-order valence-corrected chi connectivity index (χ4v) is 3.88. The molecule has 0 saturated heterocycles. The van der Waals surface area contributed by atoms with E-state index in [0.29, 0.717) is 11.1 Å². The highest BCUT2D eigenvalue weighted by Crippen LogP contribution is 2.52. The fraction of sp³-hybridized carbons (Fsp3) is 0.333. The second-order valence-corrected chi connectivity index (χ2v) is 6.39. The number of nitrogens with zero attached hydrogens (tertiary/aromatic N) is 1. The molecule has 2 N–H and O–H groups in total. The molecule has 2 atom stereocenters. The van der Waals surface area contributed by atoms with Gasteiger partial charge in [0.2, 0.25) is 11.8 Å². The van der Waals surface area contributed by atoms with E-state index in [0.717, 1.165) is 36.0 Å². The highest BCUT2D eigenvalue weighted by atomic mass is 19.4. The standard InChI is InChI=1S/C18H16F3NO2/c19-18(20,21)12-5-2-6-13(9-12)22-16(23)14-10-3-1-4-11(8-7-10)15(14)17(22)24/h2,5-11,23-24H,1,3-4H2/t10-,11+. The molecular weight excluding hydrogens is 319 g/mol. The lowest BCUT2D eigenvalue weighted by molar-refractivity contribution is -0.137. The molecule has 2 aromatic rings. The van der Waals surface area contributed by atoms with Crippen LogP contribution in [-0.4, -0.2) is 14.8 Å². The van der Waals surface area contributed by atoms with Gasteiger partial charge in [0.15, 0.2) is 0 Å². The first-order chi connectivity index (χ1) is 11.4. The summed E-state index contributed by atoms with van der Waals surface area (Å²) in [6, 6.07) is 4.63. The van der Waals surface area contributed by atoms with Crippen molar-refractivity contribution in [1.29, 1.82) is 0 Å². The van der Waals surface area contributed by atoms with Crippen molar-refractivity contribution in [2.75, 3.05) is 0 Å². The van der Waals surface area contributed by atoms with E-state index in [-0.39, 0.29) is 29.3 Å². The molecule has 3 aliphatic rings. The van der Waals surface area contributed by atoms with Crippen molar-refractivity contribution in [3.05, 3.63) is 53.1 Å². The number of halogens is 3. The first-order valence-electron chi connectivity index (χ1n) is 7.90. The maximum absolute atomic E-state index is 13.0. The van der Waals surface area contributed by atoms with Gasteiger partial charge in [0, 0.05) is 23.0 Å². The van der Waals surface area contributed by atoms with E-state index in [1.807, 2.05) is 12.2 Å². The molecule has 3 aliphatic carbocycles. The molecule has 2 bridgehead atoms. The summed E-state index contributed by atoms with van der Waals surface area (Å²) in [5.41, 5.74) is 0.584. The summed E-state index contributed by atoms with van der Waals surface area (Å²) < 4.78 is 40.0. The van der Waals surface area contributed by atoms with Crippen LogP contribution in [0.4, 0.5) is 13.2 Å². The average molecular weight is 335 g/mol. The largest absolute Gasteiger partial charge is 0.494 e. The Labute approximate surface area is 136 Å². The van der Waals surface area contributed by atoms with E-state index >= 15 is 0 Å². The van der Waals surface area contributed by atoms with Gasteiger partial charge >= 0.3 is 6.18 Å². The molecule has 6 heteroatoms. The molecule has 24 heavy (non-hydrogen) atoms. The van der Waals surface area contributed by atoms with Crippen molar-refractivity contribution < 1.29 is 23.4 Å². The molecule has 0 aliphatic heterocycles. The Morgan fingerprint density at radius 3 is 2.08 bits per heavy atom. The molecule has 1 aromatic heterocycles. The minimum Gasteiger partial charge on any atom is -0.494 e. The maximum atomic E-state index is 13.0. The topological polar surface area (TPSA) is 45.4 Å².